The van der Waals surface area contributed by atoms with Crippen LogP contribution >= 0.6 is 0 Å². The number of aromatic nitrogens is 12. The van der Waals surface area contributed by atoms with Crippen LogP contribution in [0.15, 0.2) is 0 Å². The van der Waals surface area contributed by atoms with Crippen LogP contribution in [0, 0.1) is 0 Å². The third-order valence-corrected chi connectivity index (χ3v) is 4.52. The van der Waals surface area contributed by atoms with E-state index < -0.39 is 20.4 Å². The fourth-order valence-electron chi connectivity index (χ4n) is 2.62. The predicted octanol–water partition coefficient (Wildman–Crippen LogP) is -1.28. The van der Waals surface area contributed by atoms with Crippen LogP contribution in [0.25, 0.3) is 0 Å². The summed E-state index contributed by atoms with van der Waals surface area (Å²) in [5, 5.41) is 0. The van der Waals surface area contributed by atoms with Gasteiger partial charge >= 0.3 is 72.1 Å². The van der Waals surface area contributed by atoms with Crippen molar-refractivity contribution in [2.24, 2.45) is 0 Å². The number of methoxy groups -OCH3 is 6. The van der Waals surface area contributed by atoms with Crippen molar-refractivity contribution < 1.29 is 56.8 Å². The van der Waals surface area contributed by atoms with E-state index in [1.54, 1.807) is 0 Å². The summed E-state index contributed by atoms with van der Waals surface area (Å²) < 4.78 is 62.3. The van der Waals surface area contributed by atoms with Crippen LogP contribution < -0.4 is 56.8 Å². The van der Waals surface area contributed by atoms with Gasteiger partial charge in [-0.15, -0.1) is 59.8 Å². The van der Waals surface area contributed by atoms with Gasteiger partial charge in [0.2, 0.25) is 20.4 Å². The second-order valence-electron chi connectivity index (χ2n) is 7.18. The van der Waals surface area contributed by atoms with Crippen LogP contribution in [-0.2, 0) is 0 Å². The Kier molecular flexibility index (Phi) is 11.1. The van der Waals surface area contributed by atoms with E-state index in [4.69, 9.17) is 56.8 Å². The molecule has 4 heterocycles. The Labute approximate surface area is 252 Å². The molecule has 240 valence electrons. The molecule has 0 amide bonds. The van der Waals surface area contributed by atoms with E-state index in [2.05, 4.69) is 59.8 Å². The van der Waals surface area contributed by atoms with Gasteiger partial charge in [0.1, 0.15) is 0 Å². The van der Waals surface area contributed by atoms with E-state index in [0.29, 0.717) is 0 Å². The molecule has 0 bridgehead atoms. The van der Waals surface area contributed by atoms with E-state index in [1.807, 2.05) is 0 Å². The van der Waals surface area contributed by atoms with Crippen molar-refractivity contribution in [3.05, 3.63) is 0 Å². The average molecular weight is 636 g/mol. The first-order chi connectivity index (χ1) is 21.9. The highest BCUT2D eigenvalue weighted by Crippen LogP contribution is 2.19. The number of hydrogen-bond acceptors (Lipinski definition) is 24. The van der Waals surface area contributed by atoms with Crippen LogP contribution in [0.4, 0.5) is 0 Å². The van der Waals surface area contributed by atoms with Crippen LogP contribution in [0.1, 0.15) is 0 Å². The van der Waals surface area contributed by atoms with Gasteiger partial charge in [-0.3, -0.25) is 0 Å². The normalized spacial score (nSPS) is 10.3. The maximum absolute atomic E-state index is 5.45. The smallest absolute Gasteiger partial charge is 0.328 e. The minimum Gasteiger partial charge on any atom is -0.467 e. The third kappa shape index (κ3) is 9.32. The Morgan fingerprint density at radius 2 is 0.378 bits per heavy atom. The van der Waals surface area contributed by atoms with Crippen molar-refractivity contribution in [2.75, 3.05) is 63.0 Å². The van der Waals surface area contributed by atoms with Gasteiger partial charge in [-0.2, -0.15) is 0 Å². The monoisotopic (exact) mass is 636 g/mol. The molecule has 45 heavy (non-hydrogen) atoms. The molecule has 0 radical (unpaired) electrons. The molecular weight excluding hydrogens is 612 g/mol. The van der Waals surface area contributed by atoms with Crippen LogP contribution in [0.3, 0.4) is 0 Å². The van der Waals surface area contributed by atoms with Gasteiger partial charge in [0, 0.05) is 0 Å². The molecule has 4 rings (SSSR count). The Bertz CT molecular complexity index is 1300. The molecule has 0 saturated heterocycles. The SMILES string of the molecule is COc1nc(OC)nc(OCOc2nc(OCOc3nc(OC)nc(OC)n3)nc(OCOc3nc(OC)nc(OC)n3)n2)n1. The topological polar surface area (TPSA) is 265 Å². The summed E-state index contributed by atoms with van der Waals surface area (Å²) >= 11 is 0. The second kappa shape index (κ2) is 15.8. The fourth-order valence-corrected chi connectivity index (χ4v) is 2.62. The highest BCUT2D eigenvalue weighted by atomic mass is 16.7. The first-order valence-corrected chi connectivity index (χ1v) is 12.0. The first kappa shape index (κ1) is 31.6. The van der Waals surface area contributed by atoms with Crippen LogP contribution in [0.5, 0.6) is 72.1 Å². The Balaban J connectivity index is 1.45. The fraction of sp³-hybridized carbons (Fsp3) is 0.429. The van der Waals surface area contributed by atoms with Crippen LogP contribution in [-0.4, -0.2) is 123 Å². The van der Waals surface area contributed by atoms with E-state index in [1.165, 1.54) is 42.7 Å². The van der Waals surface area contributed by atoms with Crippen molar-refractivity contribution in [3.63, 3.8) is 0 Å². The van der Waals surface area contributed by atoms with E-state index >= 15 is 0 Å². The van der Waals surface area contributed by atoms with Gasteiger partial charge < -0.3 is 56.8 Å². The molecule has 0 aliphatic heterocycles. The zero-order valence-corrected chi connectivity index (χ0v) is 24.4. The molecule has 24 heteroatoms. The molecule has 4 aromatic heterocycles. The van der Waals surface area contributed by atoms with Gasteiger partial charge in [-0.25, -0.2) is 0 Å². The summed E-state index contributed by atoms with van der Waals surface area (Å²) in [5.74, 6) is 0. The lowest BCUT2D eigenvalue weighted by Crippen LogP contribution is -2.16. The standard InChI is InChI=1S/C21H24N12O12/c1-34-10-22-11(35-2)26-16(25-10)40-7-43-19-31-20(44-8-41-17-27-12(36-3)23-13(28-17)37-4)33-21(32-19)45-9-42-18-29-14(38-5)24-15(30-18)39-6/h7-9H2,1-6H3. The molecule has 0 aliphatic carbocycles. The summed E-state index contributed by atoms with van der Waals surface area (Å²) in [4.78, 5) is 47.2. The molecule has 4 aromatic rings. The minimum atomic E-state index is -0.485. The van der Waals surface area contributed by atoms with Crippen molar-refractivity contribution >= 4 is 0 Å². The lowest BCUT2D eigenvalue weighted by molar-refractivity contribution is 0.0738. The number of nitrogens with zero attached hydrogens (tertiary/aromatic N) is 12. The van der Waals surface area contributed by atoms with Crippen molar-refractivity contribution in [1.29, 1.82) is 0 Å². The van der Waals surface area contributed by atoms with Gasteiger partial charge in [-0.1, -0.05) is 0 Å². The molecule has 0 fully saturated rings. The third-order valence-electron chi connectivity index (χ3n) is 4.52. The van der Waals surface area contributed by atoms with Crippen molar-refractivity contribution in [1.82, 2.24) is 59.8 Å². The molecular formula is C21H24N12O12. The molecule has 0 unspecified atom stereocenters. The van der Waals surface area contributed by atoms with Crippen molar-refractivity contribution in [3.8, 4) is 72.1 Å². The Hall–Kier alpha value is -6.36. The molecule has 0 spiro atoms. The maximum Gasteiger partial charge on any atom is 0.328 e. The van der Waals surface area contributed by atoms with Gasteiger partial charge in [-0.05, 0) is 0 Å². The Morgan fingerprint density at radius 3 is 0.533 bits per heavy atom. The quantitative estimate of drug-likeness (QED) is 0.115. The lowest BCUT2D eigenvalue weighted by atomic mass is 10.9. The Morgan fingerprint density at radius 1 is 0.244 bits per heavy atom. The van der Waals surface area contributed by atoms with E-state index in [-0.39, 0.29) is 72.1 Å². The number of rotatable bonds is 18. The maximum atomic E-state index is 5.45. The van der Waals surface area contributed by atoms with Gasteiger partial charge in [0.15, 0.2) is 0 Å². The summed E-state index contributed by atoms with van der Waals surface area (Å²) in [6, 6.07) is -1.75. The van der Waals surface area contributed by atoms with Gasteiger partial charge in [0.25, 0.3) is 0 Å². The molecule has 0 aliphatic rings. The first-order valence-electron chi connectivity index (χ1n) is 12.0. The van der Waals surface area contributed by atoms with Crippen molar-refractivity contribution in [2.45, 2.75) is 0 Å². The average Bonchev–Trinajstić information content (AvgIpc) is 3.07. The molecule has 0 N–H and O–H groups in total. The minimum absolute atomic E-state index is 0.0507. The predicted molar refractivity (Wildman–Crippen MR) is 137 cm³/mol. The zero-order valence-electron chi connectivity index (χ0n) is 24.4. The highest BCUT2D eigenvalue weighted by molar-refractivity contribution is 5.12. The lowest BCUT2D eigenvalue weighted by Gasteiger charge is -2.11. The zero-order chi connectivity index (χ0) is 32.0. The largest absolute Gasteiger partial charge is 0.467 e. The summed E-state index contributed by atoms with van der Waals surface area (Å²) in [5.41, 5.74) is 0. The van der Waals surface area contributed by atoms with E-state index in [9.17, 15) is 0 Å². The number of hydrogen-bond donors (Lipinski definition) is 0. The van der Waals surface area contributed by atoms with Gasteiger partial charge in [0.05, 0.1) is 42.7 Å². The molecule has 0 atom stereocenters. The van der Waals surface area contributed by atoms with Crippen LogP contribution in [0.2, 0.25) is 0 Å². The number of ether oxygens (including phenoxy) is 12. The van der Waals surface area contributed by atoms with E-state index in [0.717, 1.165) is 0 Å². The molecule has 0 saturated carbocycles. The molecule has 24 nitrogen and oxygen atoms in total. The second-order valence-corrected chi connectivity index (χ2v) is 7.18. The molecule has 0 aromatic carbocycles. The summed E-state index contributed by atoms with van der Waals surface area (Å²) in [6.45, 7) is -1.46. The summed E-state index contributed by atoms with van der Waals surface area (Å²) in [6.07, 6.45) is 0. The highest BCUT2D eigenvalue weighted by Gasteiger charge is 2.15. The summed E-state index contributed by atoms with van der Waals surface area (Å²) in [7, 11) is 8.15.